The quantitative estimate of drug-likeness (QED) is 0.725. The molecule has 1 aromatic rings. The summed E-state index contributed by atoms with van der Waals surface area (Å²) in [6.45, 7) is 1.71. The smallest absolute Gasteiger partial charge is 0.230 e. The van der Waals surface area contributed by atoms with Crippen molar-refractivity contribution in [2.75, 3.05) is 26.7 Å². The van der Waals surface area contributed by atoms with Gasteiger partial charge in [-0.1, -0.05) is 24.3 Å². The van der Waals surface area contributed by atoms with Crippen LogP contribution in [0.2, 0.25) is 0 Å². The van der Waals surface area contributed by atoms with Gasteiger partial charge in [-0.3, -0.25) is 9.59 Å². The van der Waals surface area contributed by atoms with Crippen molar-refractivity contribution in [2.24, 2.45) is 11.8 Å². The minimum Gasteiger partial charge on any atom is -0.497 e. The van der Waals surface area contributed by atoms with Crippen molar-refractivity contribution >= 4 is 11.8 Å². The van der Waals surface area contributed by atoms with E-state index in [1.807, 2.05) is 36.4 Å². The molecular formula is C22H25FN2O4. The lowest BCUT2D eigenvalue weighted by atomic mass is 9.76. The van der Waals surface area contributed by atoms with Gasteiger partial charge in [0.2, 0.25) is 11.8 Å². The number of alkyl halides is 1. The molecule has 3 fully saturated rings. The fraction of sp³-hybridized carbons (Fsp3) is 0.545. The Morgan fingerprint density at radius 3 is 2.90 bits per heavy atom. The fourth-order valence-electron chi connectivity index (χ4n) is 5.26. The van der Waals surface area contributed by atoms with Crippen LogP contribution in [0.5, 0.6) is 5.75 Å². The molecule has 3 saturated heterocycles. The Kier molecular flexibility index (Phi) is 4.38. The molecule has 4 heterocycles. The molecule has 4 aliphatic heterocycles. The van der Waals surface area contributed by atoms with Crippen LogP contribution in [0.3, 0.4) is 0 Å². The molecule has 0 saturated carbocycles. The first kappa shape index (κ1) is 18.6. The van der Waals surface area contributed by atoms with E-state index in [2.05, 4.69) is 0 Å². The SMILES string of the molecule is COc1cccc(CN2C[C@@]34C=C[C@@H](O3)C(C(=O)N3CCC(F)CC3)C4C2=O)c1. The number of ether oxygens (including phenoxy) is 2. The first-order valence-corrected chi connectivity index (χ1v) is 10.2. The number of rotatable bonds is 4. The average Bonchev–Trinajstić information content (AvgIpc) is 3.36. The minimum atomic E-state index is -0.840. The number of hydrogen-bond donors (Lipinski definition) is 0. The van der Waals surface area contributed by atoms with Crippen LogP contribution in [0.4, 0.5) is 4.39 Å². The van der Waals surface area contributed by atoms with Gasteiger partial charge in [-0.15, -0.1) is 0 Å². The second-order valence-electron chi connectivity index (χ2n) is 8.45. The van der Waals surface area contributed by atoms with Crippen molar-refractivity contribution in [1.82, 2.24) is 9.80 Å². The van der Waals surface area contributed by atoms with Crippen molar-refractivity contribution in [3.05, 3.63) is 42.0 Å². The van der Waals surface area contributed by atoms with Crippen molar-refractivity contribution in [2.45, 2.75) is 37.3 Å². The molecular weight excluding hydrogens is 375 g/mol. The number of benzene rings is 1. The number of amides is 2. The highest BCUT2D eigenvalue weighted by Crippen LogP contribution is 2.52. The van der Waals surface area contributed by atoms with Gasteiger partial charge < -0.3 is 19.3 Å². The Balaban J connectivity index is 1.36. The molecule has 1 aromatic carbocycles. The van der Waals surface area contributed by atoms with Gasteiger partial charge in [0.1, 0.15) is 17.5 Å². The summed E-state index contributed by atoms with van der Waals surface area (Å²) < 4.78 is 25.0. The highest BCUT2D eigenvalue weighted by molar-refractivity contribution is 5.93. The van der Waals surface area contributed by atoms with E-state index < -0.39 is 23.6 Å². The third-order valence-corrected chi connectivity index (χ3v) is 6.71. The Hall–Kier alpha value is -2.41. The van der Waals surface area contributed by atoms with E-state index in [1.54, 1.807) is 16.9 Å². The molecule has 6 nitrogen and oxygen atoms in total. The van der Waals surface area contributed by atoms with Gasteiger partial charge in [0, 0.05) is 19.6 Å². The summed E-state index contributed by atoms with van der Waals surface area (Å²) in [5.41, 5.74) is 0.250. The van der Waals surface area contributed by atoms with E-state index in [-0.39, 0.29) is 17.9 Å². The number of carbonyl (C=O) groups is 2. The predicted molar refractivity (Wildman–Crippen MR) is 103 cm³/mol. The van der Waals surface area contributed by atoms with Gasteiger partial charge in [0.25, 0.3) is 0 Å². The molecule has 4 aliphatic rings. The van der Waals surface area contributed by atoms with Gasteiger partial charge in [-0.05, 0) is 30.5 Å². The number of fused-ring (bicyclic) bond motifs is 1. The topological polar surface area (TPSA) is 59.1 Å². The van der Waals surface area contributed by atoms with Crippen LogP contribution < -0.4 is 4.74 Å². The molecule has 2 bridgehead atoms. The molecule has 4 atom stereocenters. The number of hydrogen-bond acceptors (Lipinski definition) is 4. The van der Waals surface area contributed by atoms with Gasteiger partial charge in [0.05, 0.1) is 31.6 Å². The Morgan fingerprint density at radius 1 is 1.34 bits per heavy atom. The number of nitrogens with zero attached hydrogens (tertiary/aromatic N) is 2. The third-order valence-electron chi connectivity index (χ3n) is 6.71. The maximum Gasteiger partial charge on any atom is 0.230 e. The zero-order valence-corrected chi connectivity index (χ0v) is 16.4. The van der Waals surface area contributed by atoms with Gasteiger partial charge in [0.15, 0.2) is 0 Å². The molecule has 5 rings (SSSR count). The summed E-state index contributed by atoms with van der Waals surface area (Å²) in [5, 5.41) is 0. The van der Waals surface area contributed by atoms with Crippen molar-refractivity contribution < 1.29 is 23.5 Å². The molecule has 0 N–H and O–H groups in total. The number of carbonyl (C=O) groups excluding carboxylic acids is 2. The van der Waals surface area contributed by atoms with Crippen LogP contribution in [-0.2, 0) is 20.9 Å². The number of halogens is 1. The first-order chi connectivity index (χ1) is 14.0. The lowest BCUT2D eigenvalue weighted by Crippen LogP contribution is -2.48. The molecule has 2 unspecified atom stereocenters. The van der Waals surface area contributed by atoms with Crippen LogP contribution in [0, 0.1) is 11.8 Å². The van der Waals surface area contributed by atoms with Crippen LogP contribution in [0.25, 0.3) is 0 Å². The number of likely N-dealkylation sites (tertiary alicyclic amines) is 2. The maximum absolute atomic E-state index is 13.5. The minimum absolute atomic E-state index is 0.0432. The lowest BCUT2D eigenvalue weighted by Gasteiger charge is -2.33. The van der Waals surface area contributed by atoms with E-state index in [9.17, 15) is 14.0 Å². The predicted octanol–water partition coefficient (Wildman–Crippen LogP) is 1.94. The van der Waals surface area contributed by atoms with Crippen LogP contribution in [0.15, 0.2) is 36.4 Å². The Morgan fingerprint density at radius 2 is 2.14 bits per heavy atom. The van der Waals surface area contributed by atoms with E-state index >= 15 is 0 Å². The second-order valence-corrected chi connectivity index (χ2v) is 8.45. The molecule has 29 heavy (non-hydrogen) atoms. The monoisotopic (exact) mass is 400 g/mol. The highest BCUT2D eigenvalue weighted by atomic mass is 19.1. The zero-order chi connectivity index (χ0) is 20.2. The largest absolute Gasteiger partial charge is 0.497 e. The van der Waals surface area contributed by atoms with Gasteiger partial charge in [-0.2, -0.15) is 0 Å². The summed E-state index contributed by atoms with van der Waals surface area (Å²) in [5.74, 6) is -0.389. The normalized spacial score (nSPS) is 33.4. The summed E-state index contributed by atoms with van der Waals surface area (Å²) in [6.07, 6.45) is 3.41. The maximum atomic E-state index is 13.5. The molecule has 0 aliphatic carbocycles. The second kappa shape index (κ2) is 6.83. The molecule has 154 valence electrons. The van der Waals surface area contributed by atoms with Crippen molar-refractivity contribution in [1.29, 1.82) is 0 Å². The summed E-state index contributed by atoms with van der Waals surface area (Å²) in [6, 6.07) is 7.64. The van der Waals surface area contributed by atoms with Gasteiger partial charge in [-0.25, -0.2) is 4.39 Å². The van der Waals surface area contributed by atoms with E-state index in [1.165, 1.54) is 0 Å². The zero-order valence-electron chi connectivity index (χ0n) is 16.4. The standard InChI is InChI=1S/C22H25FN2O4/c1-28-16-4-2-3-14(11-16)12-25-13-22-8-5-17(29-22)18(19(22)21(25)27)20(26)24-9-6-15(23)7-10-24/h2-5,8,11,15,17-19H,6-7,9-10,12-13H2,1H3/t17-,18?,19?,22-/m1/s1. The fourth-order valence-corrected chi connectivity index (χ4v) is 5.26. The number of piperidine rings is 1. The first-order valence-electron chi connectivity index (χ1n) is 10.2. The van der Waals surface area contributed by atoms with Crippen molar-refractivity contribution in [3.8, 4) is 5.75 Å². The Labute approximate surface area is 169 Å². The summed E-state index contributed by atoms with van der Waals surface area (Å²) in [7, 11) is 1.61. The van der Waals surface area contributed by atoms with Crippen molar-refractivity contribution in [3.63, 3.8) is 0 Å². The van der Waals surface area contributed by atoms with Crippen LogP contribution in [-0.4, -0.2) is 66.2 Å². The third kappa shape index (κ3) is 2.94. The summed E-state index contributed by atoms with van der Waals surface area (Å²) >= 11 is 0. The molecule has 0 radical (unpaired) electrons. The van der Waals surface area contributed by atoms with E-state index in [0.717, 1.165) is 11.3 Å². The molecule has 7 heteroatoms. The molecule has 1 spiro atoms. The van der Waals surface area contributed by atoms with Gasteiger partial charge >= 0.3 is 0 Å². The van der Waals surface area contributed by atoms with E-state index in [0.29, 0.717) is 39.0 Å². The Bertz CT molecular complexity index is 866. The highest BCUT2D eigenvalue weighted by Gasteiger charge is 2.67. The lowest BCUT2D eigenvalue weighted by molar-refractivity contribution is -0.144. The number of methoxy groups -OCH3 is 1. The van der Waals surface area contributed by atoms with Crippen LogP contribution in [0.1, 0.15) is 18.4 Å². The molecule has 2 amide bonds. The summed E-state index contributed by atoms with van der Waals surface area (Å²) in [4.78, 5) is 30.1. The van der Waals surface area contributed by atoms with E-state index in [4.69, 9.17) is 9.47 Å². The molecule has 0 aromatic heterocycles. The van der Waals surface area contributed by atoms with Crippen LogP contribution >= 0.6 is 0 Å². The average molecular weight is 400 g/mol.